The summed E-state index contributed by atoms with van der Waals surface area (Å²) in [6.45, 7) is 2.03. The Kier molecular flexibility index (Phi) is 5.74. The molecule has 0 saturated carbocycles. The third-order valence-corrected chi connectivity index (χ3v) is 5.63. The monoisotopic (exact) mass is 398 g/mol. The second kappa shape index (κ2) is 7.85. The van der Waals surface area contributed by atoms with Gasteiger partial charge in [0.2, 0.25) is 5.91 Å². The third kappa shape index (κ3) is 3.97. The molecule has 3 rings (SSSR count). The number of carbonyl (C=O) groups is 3. The number of carboxylic acids is 1. The van der Waals surface area contributed by atoms with Crippen LogP contribution in [0.25, 0.3) is 0 Å². The second-order valence-electron chi connectivity index (χ2n) is 6.31. The van der Waals surface area contributed by atoms with Gasteiger partial charge in [0.1, 0.15) is 6.04 Å². The Hall–Kier alpha value is -1.77. The molecule has 2 amide bonds. The van der Waals surface area contributed by atoms with Gasteiger partial charge in [-0.1, -0.05) is 11.6 Å². The summed E-state index contributed by atoms with van der Waals surface area (Å²) in [5.41, 5.74) is 0.466. The SMILES string of the molecule is C[C@@H]1CN(C(=O)C2CSCN2C(=O)c2ccc(Cl)cc2)CC(C(=O)O)O1. The minimum atomic E-state index is -1.09. The third-order valence-electron chi connectivity index (χ3n) is 4.37. The Morgan fingerprint density at radius 3 is 2.58 bits per heavy atom. The van der Waals surface area contributed by atoms with Crippen LogP contribution in [-0.2, 0) is 14.3 Å². The van der Waals surface area contributed by atoms with Crippen LogP contribution in [0.3, 0.4) is 0 Å². The van der Waals surface area contributed by atoms with E-state index in [1.165, 1.54) is 21.6 Å². The number of carboxylic acid groups (broad SMARTS) is 1. The summed E-state index contributed by atoms with van der Waals surface area (Å²) >= 11 is 7.36. The Balaban J connectivity index is 1.74. The van der Waals surface area contributed by atoms with Crippen LogP contribution in [0.4, 0.5) is 0 Å². The molecule has 1 aromatic carbocycles. The van der Waals surface area contributed by atoms with Crippen molar-refractivity contribution in [2.75, 3.05) is 24.7 Å². The summed E-state index contributed by atoms with van der Waals surface area (Å²) in [6.07, 6.45) is -1.42. The molecule has 7 nitrogen and oxygen atoms in total. The predicted molar refractivity (Wildman–Crippen MR) is 97.3 cm³/mol. The zero-order valence-corrected chi connectivity index (χ0v) is 15.7. The summed E-state index contributed by atoms with van der Waals surface area (Å²) in [5.74, 6) is -0.661. The van der Waals surface area contributed by atoms with Gasteiger partial charge in [0.25, 0.3) is 5.91 Å². The fourth-order valence-corrected chi connectivity index (χ4v) is 4.36. The van der Waals surface area contributed by atoms with Gasteiger partial charge in [0.05, 0.1) is 18.5 Å². The average Bonchev–Trinajstić information content (AvgIpc) is 3.10. The number of aliphatic carboxylic acids is 1. The number of halogens is 1. The maximum absolute atomic E-state index is 13.0. The van der Waals surface area contributed by atoms with E-state index in [4.69, 9.17) is 16.3 Å². The highest BCUT2D eigenvalue weighted by atomic mass is 35.5. The first kappa shape index (κ1) is 19.0. The highest BCUT2D eigenvalue weighted by molar-refractivity contribution is 7.99. The lowest BCUT2D eigenvalue weighted by Crippen LogP contribution is -2.57. The van der Waals surface area contributed by atoms with Crippen LogP contribution in [0, 0.1) is 0 Å². The van der Waals surface area contributed by atoms with E-state index >= 15 is 0 Å². The fourth-order valence-electron chi connectivity index (χ4n) is 3.08. The predicted octanol–water partition coefficient (Wildman–Crippen LogP) is 1.56. The Morgan fingerprint density at radius 2 is 1.92 bits per heavy atom. The van der Waals surface area contributed by atoms with Crippen molar-refractivity contribution in [3.05, 3.63) is 34.9 Å². The molecule has 140 valence electrons. The molecule has 1 N–H and O–H groups in total. The van der Waals surface area contributed by atoms with Crippen molar-refractivity contribution in [1.82, 2.24) is 9.80 Å². The first-order chi connectivity index (χ1) is 12.4. The van der Waals surface area contributed by atoms with Gasteiger partial charge < -0.3 is 19.6 Å². The van der Waals surface area contributed by atoms with Crippen molar-refractivity contribution < 1.29 is 24.2 Å². The number of hydrogen-bond donors (Lipinski definition) is 1. The molecule has 1 aromatic rings. The molecule has 0 spiro atoms. The van der Waals surface area contributed by atoms with E-state index in [0.717, 1.165) is 0 Å². The highest BCUT2D eigenvalue weighted by Crippen LogP contribution is 2.26. The van der Waals surface area contributed by atoms with E-state index in [9.17, 15) is 19.5 Å². The minimum absolute atomic E-state index is 0.0113. The quantitative estimate of drug-likeness (QED) is 0.831. The number of rotatable bonds is 3. The van der Waals surface area contributed by atoms with Crippen LogP contribution in [-0.4, -0.2) is 75.7 Å². The second-order valence-corrected chi connectivity index (χ2v) is 7.75. The smallest absolute Gasteiger partial charge is 0.334 e. The number of nitrogens with zero attached hydrogens (tertiary/aromatic N) is 2. The van der Waals surface area contributed by atoms with Gasteiger partial charge in [-0.15, -0.1) is 11.8 Å². The van der Waals surface area contributed by atoms with E-state index in [-0.39, 0.29) is 24.5 Å². The van der Waals surface area contributed by atoms with Gasteiger partial charge in [-0.05, 0) is 31.2 Å². The van der Waals surface area contributed by atoms with Crippen molar-refractivity contribution in [2.45, 2.75) is 25.2 Å². The lowest BCUT2D eigenvalue weighted by molar-refractivity contribution is -0.167. The topological polar surface area (TPSA) is 87.2 Å². The van der Waals surface area contributed by atoms with Crippen molar-refractivity contribution in [2.24, 2.45) is 0 Å². The number of thioether (sulfide) groups is 1. The lowest BCUT2D eigenvalue weighted by atomic mass is 10.1. The van der Waals surface area contributed by atoms with Crippen LogP contribution < -0.4 is 0 Å². The van der Waals surface area contributed by atoms with Crippen LogP contribution >= 0.6 is 23.4 Å². The molecular formula is C17H19ClN2O5S. The Labute approximate surface area is 160 Å². The van der Waals surface area contributed by atoms with E-state index in [2.05, 4.69) is 0 Å². The first-order valence-electron chi connectivity index (χ1n) is 8.18. The Bertz CT molecular complexity index is 714. The molecule has 0 bridgehead atoms. The fraction of sp³-hybridized carbons (Fsp3) is 0.471. The summed E-state index contributed by atoms with van der Waals surface area (Å²) in [4.78, 5) is 40.0. The minimum Gasteiger partial charge on any atom is -0.479 e. The number of hydrogen-bond acceptors (Lipinski definition) is 5. The molecule has 0 radical (unpaired) electrons. The van der Waals surface area contributed by atoms with Gasteiger partial charge in [0.15, 0.2) is 6.10 Å². The largest absolute Gasteiger partial charge is 0.479 e. The molecule has 2 heterocycles. The number of benzene rings is 1. The standard InChI is InChI=1S/C17H19ClN2O5S/c1-10-6-19(7-14(25-10)17(23)24)16(22)13-8-26-9-20(13)15(21)11-2-4-12(18)5-3-11/h2-5,10,13-14H,6-9H2,1H3,(H,23,24)/t10-,13?,14?/m1/s1. The van der Waals surface area contributed by atoms with Crippen molar-refractivity contribution in [1.29, 1.82) is 0 Å². The van der Waals surface area contributed by atoms with Gasteiger partial charge >= 0.3 is 5.97 Å². The molecule has 2 unspecified atom stereocenters. The first-order valence-corrected chi connectivity index (χ1v) is 9.71. The Morgan fingerprint density at radius 1 is 1.23 bits per heavy atom. The molecule has 2 aliphatic rings. The molecule has 2 fully saturated rings. The van der Waals surface area contributed by atoms with Crippen LogP contribution in [0.15, 0.2) is 24.3 Å². The van der Waals surface area contributed by atoms with E-state index in [1.54, 1.807) is 31.2 Å². The normalized spacial score (nSPS) is 26.0. The number of morpholine rings is 1. The van der Waals surface area contributed by atoms with Crippen molar-refractivity contribution >= 4 is 41.1 Å². The van der Waals surface area contributed by atoms with Crippen LogP contribution in [0.1, 0.15) is 17.3 Å². The van der Waals surface area contributed by atoms with Crippen LogP contribution in [0.2, 0.25) is 5.02 Å². The molecule has 9 heteroatoms. The van der Waals surface area contributed by atoms with Gasteiger partial charge in [-0.25, -0.2) is 4.79 Å². The number of ether oxygens (including phenoxy) is 1. The summed E-state index contributed by atoms with van der Waals surface area (Å²) in [5, 5.41) is 9.72. The maximum Gasteiger partial charge on any atom is 0.334 e. The van der Waals surface area contributed by atoms with E-state index in [1.807, 2.05) is 0 Å². The molecule has 0 aromatic heterocycles. The van der Waals surface area contributed by atoms with Gasteiger partial charge in [-0.2, -0.15) is 0 Å². The van der Waals surface area contributed by atoms with E-state index < -0.39 is 18.1 Å². The zero-order chi connectivity index (χ0) is 18.8. The number of carbonyl (C=O) groups excluding carboxylic acids is 2. The molecule has 3 atom stereocenters. The molecule has 26 heavy (non-hydrogen) atoms. The molecule has 2 saturated heterocycles. The maximum atomic E-state index is 13.0. The van der Waals surface area contributed by atoms with Gasteiger partial charge in [0, 0.05) is 22.9 Å². The molecule has 0 aliphatic carbocycles. The zero-order valence-electron chi connectivity index (χ0n) is 14.1. The average molecular weight is 399 g/mol. The van der Waals surface area contributed by atoms with Crippen molar-refractivity contribution in [3.8, 4) is 0 Å². The van der Waals surface area contributed by atoms with Gasteiger partial charge in [-0.3, -0.25) is 9.59 Å². The van der Waals surface area contributed by atoms with E-state index in [0.29, 0.717) is 28.8 Å². The number of amides is 2. The summed E-state index contributed by atoms with van der Waals surface area (Å²) in [7, 11) is 0. The van der Waals surface area contributed by atoms with Crippen molar-refractivity contribution in [3.63, 3.8) is 0 Å². The molecular weight excluding hydrogens is 380 g/mol. The molecule has 2 aliphatic heterocycles. The summed E-state index contributed by atoms with van der Waals surface area (Å²) < 4.78 is 5.35. The highest BCUT2D eigenvalue weighted by Gasteiger charge is 2.41. The summed E-state index contributed by atoms with van der Waals surface area (Å²) in [6, 6.07) is 5.92. The lowest BCUT2D eigenvalue weighted by Gasteiger charge is -2.37. The van der Waals surface area contributed by atoms with Crippen LogP contribution in [0.5, 0.6) is 0 Å².